The van der Waals surface area contributed by atoms with Crippen molar-refractivity contribution >= 4 is 51.3 Å². The summed E-state index contributed by atoms with van der Waals surface area (Å²) in [6.45, 7) is 2.05. The van der Waals surface area contributed by atoms with Crippen molar-refractivity contribution in [3.8, 4) is 0 Å². The Kier molecular flexibility index (Phi) is 4.21. The van der Waals surface area contributed by atoms with Crippen LogP contribution in [0.3, 0.4) is 0 Å². The molecule has 0 radical (unpaired) electrons. The van der Waals surface area contributed by atoms with E-state index < -0.39 is 13.5 Å². The molecule has 0 saturated heterocycles. The Labute approximate surface area is 91.2 Å². The Hall–Kier alpha value is 1.25. The zero-order chi connectivity index (χ0) is 8.43. The van der Waals surface area contributed by atoms with Gasteiger partial charge >= 0.3 is 92.0 Å². The number of halogens is 3. The Morgan fingerprint density at radius 3 is 2.64 bits per heavy atom. The number of rotatable bonds is 1. The third-order valence-electron chi connectivity index (χ3n) is 1.10. The van der Waals surface area contributed by atoms with E-state index in [-0.39, 0.29) is 0 Å². The first-order valence-corrected chi connectivity index (χ1v) is 9.77. The molecule has 0 amide bonds. The van der Waals surface area contributed by atoms with Gasteiger partial charge in [0, 0.05) is 0 Å². The molecule has 1 heterocycles. The van der Waals surface area contributed by atoms with Crippen LogP contribution in [-0.4, -0.2) is 4.61 Å². The summed E-state index contributed by atoms with van der Waals surface area (Å²) >= 11 is 3.43. The summed E-state index contributed by atoms with van der Waals surface area (Å²) in [4.78, 5) is 1.20. The van der Waals surface area contributed by atoms with Gasteiger partial charge in [0.2, 0.25) is 0 Å². The SMILES string of the molecule is Cc1cc(Br)sc1[CH]=[Ru]([Cl])[Cl]. The fourth-order valence-electron chi connectivity index (χ4n) is 0.628. The molecule has 0 atom stereocenters. The van der Waals surface area contributed by atoms with E-state index in [2.05, 4.69) is 28.9 Å². The zero-order valence-corrected chi connectivity index (χ0v) is 11.2. The molecule has 11 heavy (non-hydrogen) atoms. The normalized spacial score (nSPS) is 11.5. The molecule has 0 aliphatic heterocycles. The predicted molar refractivity (Wildman–Crippen MR) is 53.6 cm³/mol. The Morgan fingerprint density at radius 2 is 2.27 bits per heavy atom. The number of aryl methyl sites for hydroxylation is 1. The Morgan fingerprint density at radius 1 is 1.64 bits per heavy atom. The molecule has 1 aromatic rings. The first-order valence-electron chi connectivity index (χ1n) is 2.68. The second-order valence-electron chi connectivity index (χ2n) is 1.90. The molecule has 0 aliphatic rings. The van der Waals surface area contributed by atoms with Crippen LogP contribution in [0.25, 0.3) is 0 Å². The van der Waals surface area contributed by atoms with Gasteiger partial charge in [-0.05, 0) is 0 Å². The maximum atomic E-state index is 5.74. The standard InChI is InChI=1S/C6H5BrS.2ClH.Ru/c1-4-3-6(7)8-5(4)2;;;/h2-3H,1H3;2*1H;/q;;;+2/p-2. The van der Waals surface area contributed by atoms with E-state index >= 15 is 0 Å². The molecule has 0 aromatic carbocycles. The molecule has 0 spiro atoms. The van der Waals surface area contributed by atoms with Crippen molar-refractivity contribution in [2.24, 2.45) is 0 Å². The molecular weight excluding hydrogens is 356 g/mol. The van der Waals surface area contributed by atoms with Crippen molar-refractivity contribution < 1.29 is 13.5 Å². The van der Waals surface area contributed by atoms with Gasteiger partial charge in [-0.25, -0.2) is 0 Å². The minimum absolute atomic E-state index is 1.13. The molecule has 1 rings (SSSR count). The molecule has 64 valence electrons. The van der Waals surface area contributed by atoms with Crippen LogP contribution in [0.2, 0.25) is 0 Å². The summed E-state index contributed by atoms with van der Waals surface area (Å²) in [6.07, 6.45) is 0. The van der Waals surface area contributed by atoms with Gasteiger partial charge in [0.1, 0.15) is 0 Å². The average Bonchev–Trinajstić information content (AvgIpc) is 2.09. The van der Waals surface area contributed by atoms with Crippen LogP contribution < -0.4 is 0 Å². The van der Waals surface area contributed by atoms with E-state index in [0.717, 1.165) is 3.79 Å². The van der Waals surface area contributed by atoms with Crippen LogP contribution in [0.5, 0.6) is 0 Å². The Bertz CT molecular complexity index is 291. The van der Waals surface area contributed by atoms with E-state index in [0.29, 0.717) is 0 Å². The van der Waals surface area contributed by atoms with Gasteiger partial charge < -0.3 is 0 Å². The van der Waals surface area contributed by atoms with Gasteiger partial charge in [0.25, 0.3) is 0 Å². The summed E-state index contributed by atoms with van der Waals surface area (Å²) in [5, 5.41) is 0. The minimum atomic E-state index is -1.64. The van der Waals surface area contributed by atoms with Gasteiger partial charge in [0.15, 0.2) is 0 Å². The van der Waals surface area contributed by atoms with Crippen molar-refractivity contribution in [2.45, 2.75) is 6.92 Å². The van der Waals surface area contributed by atoms with Crippen molar-refractivity contribution in [3.05, 3.63) is 20.3 Å². The molecule has 0 unspecified atom stereocenters. The van der Waals surface area contributed by atoms with Crippen molar-refractivity contribution in [1.82, 2.24) is 0 Å². The fourth-order valence-corrected chi connectivity index (χ4v) is 5.20. The second kappa shape index (κ2) is 4.48. The molecular formula is C6H5BrCl2RuS. The van der Waals surface area contributed by atoms with E-state index in [1.165, 1.54) is 10.4 Å². The van der Waals surface area contributed by atoms with E-state index in [1.807, 2.05) is 4.61 Å². The summed E-state index contributed by atoms with van der Waals surface area (Å²) in [7, 11) is 11.5. The number of thiophene rings is 1. The molecule has 0 fully saturated rings. The summed E-state index contributed by atoms with van der Waals surface area (Å²) in [6, 6.07) is 2.07. The van der Waals surface area contributed by atoms with Crippen LogP contribution >= 0.6 is 46.6 Å². The quantitative estimate of drug-likeness (QED) is 0.666. The van der Waals surface area contributed by atoms with Crippen LogP contribution in [0.4, 0.5) is 0 Å². The van der Waals surface area contributed by atoms with Crippen LogP contribution in [0.1, 0.15) is 10.4 Å². The summed E-state index contributed by atoms with van der Waals surface area (Å²) in [5.74, 6) is 0. The first-order chi connectivity index (χ1) is 5.09. The van der Waals surface area contributed by atoms with E-state index in [4.69, 9.17) is 19.4 Å². The summed E-state index contributed by atoms with van der Waals surface area (Å²) < 4.78 is 3.10. The topological polar surface area (TPSA) is 0 Å². The molecule has 1 aromatic heterocycles. The first kappa shape index (κ1) is 10.3. The van der Waals surface area contributed by atoms with Crippen LogP contribution in [0, 0.1) is 6.92 Å². The molecule has 0 bridgehead atoms. The van der Waals surface area contributed by atoms with Gasteiger partial charge in [-0.3, -0.25) is 0 Å². The molecule has 0 N–H and O–H groups in total. The predicted octanol–water partition coefficient (Wildman–Crippen LogP) is 3.90. The molecule has 0 aliphatic carbocycles. The van der Waals surface area contributed by atoms with Gasteiger partial charge in [-0.15, -0.1) is 0 Å². The fraction of sp³-hybridized carbons (Fsp3) is 0.167. The monoisotopic (exact) mass is 360 g/mol. The van der Waals surface area contributed by atoms with E-state index in [1.54, 1.807) is 11.3 Å². The third kappa shape index (κ3) is 3.24. The van der Waals surface area contributed by atoms with Gasteiger partial charge in [0.05, 0.1) is 0 Å². The summed E-state index contributed by atoms with van der Waals surface area (Å²) in [5.41, 5.74) is 1.24. The van der Waals surface area contributed by atoms with Crippen molar-refractivity contribution in [1.29, 1.82) is 0 Å². The number of hydrogen-bond donors (Lipinski definition) is 0. The van der Waals surface area contributed by atoms with Gasteiger partial charge in [-0.2, -0.15) is 0 Å². The van der Waals surface area contributed by atoms with Crippen molar-refractivity contribution in [3.63, 3.8) is 0 Å². The number of hydrogen-bond acceptors (Lipinski definition) is 1. The van der Waals surface area contributed by atoms with Crippen LogP contribution in [-0.2, 0) is 13.5 Å². The molecule has 5 heteroatoms. The zero-order valence-electron chi connectivity index (χ0n) is 5.55. The maximum absolute atomic E-state index is 5.74. The molecule has 0 nitrogen and oxygen atoms in total. The van der Waals surface area contributed by atoms with E-state index in [9.17, 15) is 0 Å². The van der Waals surface area contributed by atoms with Gasteiger partial charge in [-0.1, -0.05) is 0 Å². The Balaban J connectivity index is 3.04. The molecule has 0 saturated carbocycles. The van der Waals surface area contributed by atoms with Crippen LogP contribution in [0.15, 0.2) is 9.85 Å². The third-order valence-corrected chi connectivity index (χ3v) is 4.91. The average molecular weight is 361 g/mol. The second-order valence-corrected chi connectivity index (χ2v) is 10.1. The van der Waals surface area contributed by atoms with Crippen molar-refractivity contribution in [2.75, 3.05) is 0 Å².